The molecular weight excluding hydrogens is 168 g/mol. The Labute approximate surface area is 79.4 Å². The van der Waals surface area contributed by atoms with Crippen molar-refractivity contribution in [3.8, 4) is 0 Å². The highest BCUT2D eigenvalue weighted by Crippen LogP contribution is 2.01. The number of hydrogen-bond acceptors (Lipinski definition) is 3. The zero-order chi connectivity index (χ0) is 10.1. The van der Waals surface area contributed by atoms with Crippen molar-refractivity contribution in [3.05, 3.63) is 11.8 Å². The van der Waals surface area contributed by atoms with Crippen LogP contribution in [0.4, 0.5) is 0 Å². The van der Waals surface area contributed by atoms with Gasteiger partial charge in [-0.2, -0.15) is 0 Å². The van der Waals surface area contributed by atoms with Crippen molar-refractivity contribution in [2.24, 2.45) is 0 Å². The first-order valence-electron chi connectivity index (χ1n) is 4.78. The molecule has 0 rings (SSSR count). The third-order valence-electron chi connectivity index (χ3n) is 1.54. The fourth-order valence-electron chi connectivity index (χ4n) is 0.795. The van der Waals surface area contributed by atoms with Crippen molar-refractivity contribution in [2.75, 3.05) is 6.61 Å². The summed E-state index contributed by atoms with van der Waals surface area (Å²) in [4.78, 5) is 11.0. The van der Waals surface area contributed by atoms with E-state index in [2.05, 4.69) is 6.92 Å². The van der Waals surface area contributed by atoms with Gasteiger partial charge >= 0.3 is 5.97 Å². The molecule has 0 heterocycles. The van der Waals surface area contributed by atoms with Crippen LogP contribution in [-0.2, 0) is 9.53 Å². The Bertz CT molecular complexity index is 173. The minimum absolute atomic E-state index is 0.262. The van der Waals surface area contributed by atoms with Crippen molar-refractivity contribution in [1.82, 2.24) is 0 Å². The normalized spacial score (nSPS) is 11.4. The topological polar surface area (TPSA) is 46.5 Å². The van der Waals surface area contributed by atoms with Crippen LogP contribution in [0.2, 0.25) is 0 Å². The smallest absolute Gasteiger partial charge is 0.373 e. The second-order valence-electron chi connectivity index (χ2n) is 2.87. The van der Waals surface area contributed by atoms with E-state index in [0.29, 0.717) is 6.61 Å². The molecule has 0 aromatic heterocycles. The number of ether oxygens (including phenoxy) is 1. The first-order valence-corrected chi connectivity index (χ1v) is 4.78. The minimum atomic E-state index is -0.613. The molecule has 0 fully saturated rings. The number of rotatable bonds is 6. The second-order valence-corrected chi connectivity index (χ2v) is 2.87. The van der Waals surface area contributed by atoms with E-state index in [9.17, 15) is 4.79 Å². The van der Waals surface area contributed by atoms with E-state index < -0.39 is 5.97 Å². The van der Waals surface area contributed by atoms with Gasteiger partial charge < -0.3 is 9.84 Å². The highest BCUT2D eigenvalue weighted by molar-refractivity contribution is 5.85. The summed E-state index contributed by atoms with van der Waals surface area (Å²) < 4.78 is 4.73. The number of hydrogen-bond donors (Lipinski definition) is 1. The van der Waals surface area contributed by atoms with E-state index in [1.54, 1.807) is 0 Å². The van der Waals surface area contributed by atoms with Gasteiger partial charge in [-0.25, -0.2) is 4.79 Å². The molecule has 1 N–H and O–H groups in total. The van der Waals surface area contributed by atoms with Crippen LogP contribution < -0.4 is 0 Å². The van der Waals surface area contributed by atoms with Crippen LogP contribution in [0.25, 0.3) is 0 Å². The molecule has 3 heteroatoms. The highest BCUT2D eigenvalue weighted by atomic mass is 16.5. The molecule has 0 saturated carbocycles. The Morgan fingerprint density at radius 1 is 1.38 bits per heavy atom. The number of aliphatic hydroxyl groups excluding tert-OH is 1. The van der Waals surface area contributed by atoms with E-state index in [1.807, 2.05) is 6.92 Å². The first-order chi connectivity index (χ1) is 6.22. The lowest BCUT2D eigenvalue weighted by molar-refractivity contribution is -0.142. The number of aliphatic hydroxyl groups is 1. The summed E-state index contributed by atoms with van der Waals surface area (Å²) in [5.74, 6) is -0.875. The van der Waals surface area contributed by atoms with E-state index in [0.717, 1.165) is 25.7 Å². The summed E-state index contributed by atoms with van der Waals surface area (Å²) in [6.07, 6.45) is 5.04. The number of carbonyl (C=O) groups is 1. The highest BCUT2D eigenvalue weighted by Gasteiger charge is 2.06. The van der Waals surface area contributed by atoms with E-state index in [-0.39, 0.29) is 5.76 Å². The van der Waals surface area contributed by atoms with Gasteiger partial charge in [0.1, 0.15) is 0 Å². The lowest BCUT2D eigenvalue weighted by Gasteiger charge is -2.01. The molecule has 0 unspecified atom stereocenters. The van der Waals surface area contributed by atoms with Gasteiger partial charge in [-0.15, -0.1) is 0 Å². The standard InChI is InChI=1S/C10H18O3/c1-3-5-6-7-9(11)10(12)13-8-4-2/h7,11H,3-6,8H2,1-2H3. The largest absolute Gasteiger partial charge is 0.502 e. The van der Waals surface area contributed by atoms with Gasteiger partial charge in [-0.1, -0.05) is 20.3 Å². The molecule has 3 nitrogen and oxygen atoms in total. The zero-order valence-electron chi connectivity index (χ0n) is 8.38. The van der Waals surface area contributed by atoms with Crippen molar-refractivity contribution in [3.63, 3.8) is 0 Å². The molecule has 76 valence electrons. The summed E-state index contributed by atoms with van der Waals surface area (Å²) in [5, 5.41) is 9.16. The number of unbranched alkanes of at least 4 members (excludes halogenated alkanes) is 2. The van der Waals surface area contributed by atoms with Crippen LogP contribution in [-0.4, -0.2) is 17.7 Å². The predicted molar refractivity (Wildman–Crippen MR) is 51.5 cm³/mol. The molecule has 0 saturated heterocycles. The molecule has 0 spiro atoms. The maximum absolute atomic E-state index is 11.0. The van der Waals surface area contributed by atoms with Crippen molar-refractivity contribution >= 4 is 5.97 Å². The molecule has 0 amide bonds. The summed E-state index contributed by atoms with van der Waals surface area (Å²) >= 11 is 0. The molecule has 0 aliphatic rings. The molecule has 0 bridgehead atoms. The third-order valence-corrected chi connectivity index (χ3v) is 1.54. The van der Waals surface area contributed by atoms with Gasteiger partial charge in [-0.3, -0.25) is 0 Å². The Morgan fingerprint density at radius 3 is 2.62 bits per heavy atom. The Balaban J connectivity index is 3.72. The summed E-state index contributed by atoms with van der Waals surface area (Å²) in [6, 6.07) is 0. The van der Waals surface area contributed by atoms with Gasteiger partial charge in [0.25, 0.3) is 0 Å². The van der Waals surface area contributed by atoms with Crippen LogP contribution in [0.5, 0.6) is 0 Å². The second kappa shape index (κ2) is 7.65. The monoisotopic (exact) mass is 186 g/mol. The van der Waals surface area contributed by atoms with E-state index in [1.165, 1.54) is 6.08 Å². The molecule has 0 radical (unpaired) electrons. The van der Waals surface area contributed by atoms with Crippen molar-refractivity contribution in [2.45, 2.75) is 39.5 Å². The zero-order valence-corrected chi connectivity index (χ0v) is 8.38. The Morgan fingerprint density at radius 2 is 2.08 bits per heavy atom. The van der Waals surface area contributed by atoms with Gasteiger partial charge in [0.05, 0.1) is 6.61 Å². The van der Waals surface area contributed by atoms with E-state index in [4.69, 9.17) is 9.84 Å². The average molecular weight is 186 g/mol. The Hall–Kier alpha value is -0.990. The minimum Gasteiger partial charge on any atom is -0.502 e. The van der Waals surface area contributed by atoms with Crippen molar-refractivity contribution in [1.29, 1.82) is 0 Å². The van der Waals surface area contributed by atoms with Crippen LogP contribution >= 0.6 is 0 Å². The summed E-state index contributed by atoms with van der Waals surface area (Å²) in [7, 11) is 0. The molecule has 13 heavy (non-hydrogen) atoms. The third kappa shape index (κ3) is 6.20. The van der Waals surface area contributed by atoms with Crippen molar-refractivity contribution < 1.29 is 14.6 Å². The van der Waals surface area contributed by atoms with Crippen LogP contribution in [0, 0.1) is 0 Å². The molecule has 0 atom stereocenters. The first kappa shape index (κ1) is 12.0. The van der Waals surface area contributed by atoms with Gasteiger partial charge in [0.2, 0.25) is 0 Å². The fourth-order valence-corrected chi connectivity index (χ4v) is 0.795. The van der Waals surface area contributed by atoms with Crippen LogP contribution in [0.1, 0.15) is 39.5 Å². The molecule has 0 aliphatic carbocycles. The maximum Gasteiger partial charge on any atom is 0.373 e. The molecular formula is C10H18O3. The van der Waals surface area contributed by atoms with Crippen LogP contribution in [0.3, 0.4) is 0 Å². The predicted octanol–water partition coefficient (Wildman–Crippen LogP) is 2.57. The van der Waals surface area contributed by atoms with Gasteiger partial charge in [0.15, 0.2) is 5.76 Å². The van der Waals surface area contributed by atoms with Gasteiger partial charge in [-0.05, 0) is 25.3 Å². The maximum atomic E-state index is 11.0. The molecule has 0 aliphatic heterocycles. The van der Waals surface area contributed by atoms with Gasteiger partial charge in [0, 0.05) is 0 Å². The summed E-state index contributed by atoms with van der Waals surface area (Å²) in [6.45, 7) is 4.33. The molecule has 0 aromatic rings. The average Bonchev–Trinajstić information content (AvgIpc) is 2.14. The van der Waals surface area contributed by atoms with Crippen LogP contribution in [0.15, 0.2) is 11.8 Å². The Kier molecular flexibility index (Phi) is 7.07. The quantitative estimate of drug-likeness (QED) is 0.300. The SMILES string of the molecule is CCCCC=C(O)C(=O)OCCC. The van der Waals surface area contributed by atoms with E-state index >= 15 is 0 Å². The molecule has 0 aromatic carbocycles. The number of carbonyl (C=O) groups excluding carboxylic acids is 1. The summed E-state index contributed by atoms with van der Waals surface area (Å²) in [5.41, 5.74) is 0. The lowest BCUT2D eigenvalue weighted by atomic mass is 10.2. The number of esters is 1. The number of allylic oxidation sites excluding steroid dienone is 1. The fraction of sp³-hybridized carbons (Fsp3) is 0.700. The lowest BCUT2D eigenvalue weighted by Crippen LogP contribution is -2.08.